The van der Waals surface area contributed by atoms with E-state index in [-0.39, 0.29) is 0 Å². The fraction of sp³-hybridized carbons (Fsp3) is 0.231. The van der Waals surface area contributed by atoms with E-state index in [0.717, 1.165) is 17.6 Å². The summed E-state index contributed by atoms with van der Waals surface area (Å²) in [6, 6.07) is 14.1. The molecule has 0 bridgehead atoms. The number of benzene rings is 2. The molecule has 0 radical (unpaired) electrons. The third kappa shape index (κ3) is 2.43. The Morgan fingerprint density at radius 1 is 0.941 bits per heavy atom. The number of rotatable bonds is 2. The van der Waals surface area contributed by atoms with Gasteiger partial charge >= 0.3 is 7.32 Å². The van der Waals surface area contributed by atoms with Crippen LogP contribution in [0.3, 0.4) is 0 Å². The van der Waals surface area contributed by atoms with Gasteiger partial charge in [0.1, 0.15) is 5.75 Å². The molecular formula is C13H13BO3. The summed E-state index contributed by atoms with van der Waals surface area (Å²) in [5.41, 5.74) is 0. The largest absolute Gasteiger partial charge is 0.713 e. The van der Waals surface area contributed by atoms with Gasteiger partial charge in [0, 0.05) is 13.2 Å². The first-order valence-corrected chi connectivity index (χ1v) is 5.80. The van der Waals surface area contributed by atoms with Crippen molar-refractivity contribution in [1.29, 1.82) is 0 Å². The van der Waals surface area contributed by atoms with Gasteiger partial charge in [-0.1, -0.05) is 30.3 Å². The standard InChI is InChI=1S/C13H13BO3/c1-2-5-12-10-13(7-6-11(12)4-1)17-14-15-8-3-9-16-14/h1-2,4-7,10H,3,8-9H2. The molecule has 0 saturated carbocycles. The van der Waals surface area contributed by atoms with E-state index in [1.54, 1.807) is 0 Å². The zero-order valence-electron chi connectivity index (χ0n) is 9.46. The van der Waals surface area contributed by atoms with Gasteiger partial charge in [-0.15, -0.1) is 0 Å². The Labute approximate surface area is 100 Å². The molecule has 3 rings (SSSR count). The maximum absolute atomic E-state index is 5.62. The lowest BCUT2D eigenvalue weighted by Crippen LogP contribution is -2.35. The van der Waals surface area contributed by atoms with Gasteiger partial charge in [-0.2, -0.15) is 0 Å². The predicted molar refractivity (Wildman–Crippen MR) is 66.9 cm³/mol. The summed E-state index contributed by atoms with van der Waals surface area (Å²) in [5.74, 6) is 0.774. The second-order valence-electron chi connectivity index (χ2n) is 4.01. The van der Waals surface area contributed by atoms with E-state index in [4.69, 9.17) is 14.0 Å². The molecule has 1 heterocycles. The van der Waals surface area contributed by atoms with Gasteiger partial charge in [-0.3, -0.25) is 0 Å². The average molecular weight is 228 g/mol. The summed E-state index contributed by atoms with van der Waals surface area (Å²) >= 11 is 0. The molecule has 2 aromatic rings. The van der Waals surface area contributed by atoms with Gasteiger partial charge in [0.2, 0.25) is 0 Å². The molecule has 3 nitrogen and oxygen atoms in total. The maximum atomic E-state index is 5.62. The van der Waals surface area contributed by atoms with Crippen molar-refractivity contribution in [3.63, 3.8) is 0 Å². The van der Waals surface area contributed by atoms with Gasteiger partial charge in [-0.05, 0) is 29.3 Å². The van der Waals surface area contributed by atoms with Crippen molar-refractivity contribution < 1.29 is 14.0 Å². The topological polar surface area (TPSA) is 27.7 Å². The van der Waals surface area contributed by atoms with Crippen LogP contribution in [0.4, 0.5) is 0 Å². The maximum Gasteiger partial charge on any atom is 0.713 e. The number of hydrogen-bond acceptors (Lipinski definition) is 3. The number of hydrogen-bond donors (Lipinski definition) is 0. The zero-order chi connectivity index (χ0) is 11.5. The molecule has 1 saturated heterocycles. The average Bonchev–Trinajstić information content (AvgIpc) is 2.40. The second kappa shape index (κ2) is 4.78. The molecule has 0 aromatic heterocycles. The summed E-state index contributed by atoms with van der Waals surface area (Å²) in [6.45, 7) is 1.39. The third-order valence-corrected chi connectivity index (χ3v) is 2.75. The lowest BCUT2D eigenvalue weighted by molar-refractivity contribution is 0.0885. The third-order valence-electron chi connectivity index (χ3n) is 2.75. The van der Waals surface area contributed by atoms with E-state index in [2.05, 4.69) is 12.1 Å². The molecule has 0 spiro atoms. The molecule has 17 heavy (non-hydrogen) atoms. The minimum atomic E-state index is -0.565. The fourth-order valence-electron chi connectivity index (χ4n) is 1.89. The molecular weight excluding hydrogens is 215 g/mol. The molecule has 0 unspecified atom stereocenters. The van der Waals surface area contributed by atoms with Crippen LogP contribution < -0.4 is 4.65 Å². The Kier molecular flexibility index (Phi) is 2.99. The first kappa shape index (κ1) is 10.6. The predicted octanol–water partition coefficient (Wildman–Crippen LogP) is 2.64. The van der Waals surface area contributed by atoms with Crippen molar-refractivity contribution >= 4 is 18.1 Å². The summed E-state index contributed by atoms with van der Waals surface area (Å²) in [7, 11) is -0.565. The van der Waals surface area contributed by atoms with E-state index in [1.165, 1.54) is 5.39 Å². The van der Waals surface area contributed by atoms with E-state index >= 15 is 0 Å². The van der Waals surface area contributed by atoms with Crippen LogP contribution in [-0.4, -0.2) is 20.5 Å². The smallest absolute Gasteiger partial charge is 0.512 e. The van der Waals surface area contributed by atoms with E-state index in [9.17, 15) is 0 Å². The minimum Gasteiger partial charge on any atom is -0.512 e. The Hall–Kier alpha value is -1.52. The monoisotopic (exact) mass is 228 g/mol. The normalized spacial score (nSPS) is 16.1. The van der Waals surface area contributed by atoms with Crippen LogP contribution in [0.2, 0.25) is 0 Å². The molecule has 1 fully saturated rings. The van der Waals surface area contributed by atoms with Crippen molar-refractivity contribution in [2.45, 2.75) is 6.42 Å². The summed E-state index contributed by atoms with van der Waals surface area (Å²) in [6.07, 6.45) is 0.928. The van der Waals surface area contributed by atoms with Crippen molar-refractivity contribution in [3.05, 3.63) is 42.5 Å². The van der Waals surface area contributed by atoms with Crippen LogP contribution in [0.25, 0.3) is 10.8 Å². The molecule has 4 heteroatoms. The van der Waals surface area contributed by atoms with E-state index < -0.39 is 7.32 Å². The van der Waals surface area contributed by atoms with Gasteiger partial charge in [0.15, 0.2) is 0 Å². The second-order valence-corrected chi connectivity index (χ2v) is 4.01. The zero-order valence-corrected chi connectivity index (χ0v) is 9.46. The minimum absolute atomic E-state index is 0.565. The fourth-order valence-corrected chi connectivity index (χ4v) is 1.89. The highest BCUT2D eigenvalue weighted by molar-refractivity contribution is 6.37. The first-order chi connectivity index (χ1) is 8.42. The van der Waals surface area contributed by atoms with Crippen LogP contribution >= 0.6 is 0 Å². The number of fused-ring (bicyclic) bond motifs is 1. The van der Waals surface area contributed by atoms with E-state index in [1.807, 2.05) is 30.3 Å². The highest BCUT2D eigenvalue weighted by Gasteiger charge is 2.26. The molecule has 86 valence electrons. The van der Waals surface area contributed by atoms with Crippen LogP contribution in [0, 0.1) is 0 Å². The van der Waals surface area contributed by atoms with Crippen LogP contribution in [-0.2, 0) is 9.31 Å². The highest BCUT2D eigenvalue weighted by Crippen LogP contribution is 2.21. The summed E-state index contributed by atoms with van der Waals surface area (Å²) in [5, 5.41) is 2.35. The molecule has 0 aliphatic carbocycles. The SMILES string of the molecule is c1ccc2cc(OB3OCCCO3)ccc2c1. The van der Waals surface area contributed by atoms with Crippen LogP contribution in [0.1, 0.15) is 6.42 Å². The van der Waals surface area contributed by atoms with Gasteiger partial charge in [0.25, 0.3) is 0 Å². The van der Waals surface area contributed by atoms with Crippen molar-refractivity contribution in [1.82, 2.24) is 0 Å². The first-order valence-electron chi connectivity index (χ1n) is 5.80. The Morgan fingerprint density at radius 3 is 2.53 bits per heavy atom. The molecule has 2 aromatic carbocycles. The lowest BCUT2D eigenvalue weighted by Gasteiger charge is -2.19. The van der Waals surface area contributed by atoms with Crippen LogP contribution in [0.15, 0.2) is 42.5 Å². The quantitative estimate of drug-likeness (QED) is 0.739. The highest BCUT2D eigenvalue weighted by atomic mass is 16.7. The van der Waals surface area contributed by atoms with Gasteiger partial charge in [-0.25, -0.2) is 0 Å². The van der Waals surface area contributed by atoms with Crippen molar-refractivity contribution in [2.75, 3.05) is 13.2 Å². The summed E-state index contributed by atoms with van der Waals surface area (Å²) in [4.78, 5) is 0. The lowest BCUT2D eigenvalue weighted by atomic mass is 10.1. The molecule has 0 amide bonds. The molecule has 1 aliphatic heterocycles. The van der Waals surface area contributed by atoms with Crippen molar-refractivity contribution in [3.8, 4) is 5.75 Å². The van der Waals surface area contributed by atoms with E-state index in [0.29, 0.717) is 13.2 Å². The summed E-state index contributed by atoms with van der Waals surface area (Å²) < 4.78 is 16.3. The van der Waals surface area contributed by atoms with Crippen LogP contribution in [0.5, 0.6) is 5.75 Å². The molecule has 0 atom stereocenters. The van der Waals surface area contributed by atoms with Crippen molar-refractivity contribution in [2.24, 2.45) is 0 Å². The molecule has 0 N–H and O–H groups in total. The van der Waals surface area contributed by atoms with Gasteiger partial charge < -0.3 is 14.0 Å². The Balaban J connectivity index is 1.80. The Morgan fingerprint density at radius 2 is 1.71 bits per heavy atom. The molecule has 1 aliphatic rings. The Bertz CT molecular complexity index is 509. The van der Waals surface area contributed by atoms with Gasteiger partial charge in [0.05, 0.1) is 0 Å².